The van der Waals surface area contributed by atoms with E-state index in [-0.39, 0.29) is 29.6 Å². The first-order valence-electron chi connectivity index (χ1n) is 10.3. The number of nitrogens with zero attached hydrogens (tertiary/aromatic N) is 2. The van der Waals surface area contributed by atoms with Crippen molar-refractivity contribution in [2.75, 3.05) is 19.1 Å². The normalized spacial score (nSPS) is 16.3. The van der Waals surface area contributed by atoms with Gasteiger partial charge >= 0.3 is 0 Å². The number of aromatic amines is 1. The summed E-state index contributed by atoms with van der Waals surface area (Å²) >= 11 is 0. The molecular formula is C24H25N3O5. The fraction of sp³-hybridized carbons (Fsp3) is 0.292. The summed E-state index contributed by atoms with van der Waals surface area (Å²) in [6.07, 6.45) is 0.207. The Balaban J connectivity index is 1.86. The predicted molar refractivity (Wildman–Crippen MR) is 120 cm³/mol. The van der Waals surface area contributed by atoms with Gasteiger partial charge in [-0.1, -0.05) is 26.0 Å². The van der Waals surface area contributed by atoms with Gasteiger partial charge in [-0.3, -0.25) is 14.5 Å². The maximum Gasteiger partial charge on any atom is 0.296 e. The van der Waals surface area contributed by atoms with E-state index in [1.807, 2.05) is 13.8 Å². The second-order valence-electron chi connectivity index (χ2n) is 8.08. The fourth-order valence-corrected chi connectivity index (χ4v) is 3.93. The first-order chi connectivity index (χ1) is 15.3. The van der Waals surface area contributed by atoms with Gasteiger partial charge in [-0.05, 0) is 35.7 Å². The van der Waals surface area contributed by atoms with Gasteiger partial charge in [0.2, 0.25) is 5.95 Å². The van der Waals surface area contributed by atoms with E-state index in [1.54, 1.807) is 56.7 Å². The molecule has 4 rings (SSSR count). The summed E-state index contributed by atoms with van der Waals surface area (Å²) in [5.41, 5.74) is 1.99. The van der Waals surface area contributed by atoms with Crippen LogP contribution in [0.15, 0.2) is 53.8 Å². The number of aromatic nitrogens is 2. The quantitative estimate of drug-likeness (QED) is 0.579. The molecule has 1 unspecified atom stereocenters. The van der Waals surface area contributed by atoms with E-state index in [0.29, 0.717) is 28.1 Å². The number of anilines is 1. The third kappa shape index (κ3) is 3.68. The van der Waals surface area contributed by atoms with Crippen molar-refractivity contribution >= 4 is 28.7 Å². The van der Waals surface area contributed by atoms with E-state index in [9.17, 15) is 14.7 Å². The molecule has 0 saturated carbocycles. The molecule has 32 heavy (non-hydrogen) atoms. The molecule has 2 N–H and O–H groups in total. The molecule has 0 aliphatic carbocycles. The van der Waals surface area contributed by atoms with Crippen molar-refractivity contribution in [1.29, 1.82) is 0 Å². The monoisotopic (exact) mass is 435 g/mol. The number of methoxy groups -OCH3 is 2. The summed E-state index contributed by atoms with van der Waals surface area (Å²) in [4.78, 5) is 35.3. The smallest absolute Gasteiger partial charge is 0.296 e. The van der Waals surface area contributed by atoms with Crippen molar-refractivity contribution < 1.29 is 24.2 Å². The van der Waals surface area contributed by atoms with Crippen LogP contribution in [0.2, 0.25) is 0 Å². The molecule has 2 heterocycles. The van der Waals surface area contributed by atoms with E-state index in [2.05, 4.69) is 9.97 Å². The standard InChI is InChI=1S/C24H25N3O5/c1-13(2)10-19(28)20-21(14-6-5-7-15(11-14)31-3)27(23(30)22(20)29)24-25-17-9-8-16(32-4)12-18(17)26-24/h5-9,11-13,21,29H,10H2,1-4H3,(H,25,26). The second kappa shape index (κ2) is 8.37. The number of amides is 1. The zero-order chi connectivity index (χ0) is 23.0. The van der Waals surface area contributed by atoms with Crippen LogP contribution in [0.4, 0.5) is 5.95 Å². The Morgan fingerprint density at radius 2 is 1.88 bits per heavy atom. The Morgan fingerprint density at radius 3 is 2.56 bits per heavy atom. The number of H-pyrrole nitrogens is 1. The van der Waals surface area contributed by atoms with Crippen LogP contribution in [-0.2, 0) is 9.59 Å². The molecule has 166 valence electrons. The van der Waals surface area contributed by atoms with Crippen molar-refractivity contribution in [2.24, 2.45) is 5.92 Å². The molecule has 1 atom stereocenters. The molecule has 8 heteroatoms. The highest BCUT2D eigenvalue weighted by molar-refractivity contribution is 6.16. The molecule has 0 fully saturated rings. The number of aliphatic hydroxyl groups excluding tert-OH is 1. The Morgan fingerprint density at radius 1 is 1.16 bits per heavy atom. The summed E-state index contributed by atoms with van der Waals surface area (Å²) in [7, 11) is 3.11. The van der Waals surface area contributed by atoms with Gasteiger partial charge in [0.05, 0.1) is 36.9 Å². The minimum atomic E-state index is -0.841. The molecule has 2 aromatic carbocycles. The van der Waals surface area contributed by atoms with E-state index >= 15 is 0 Å². The number of carbonyl (C=O) groups is 2. The number of hydrogen-bond donors (Lipinski definition) is 2. The summed E-state index contributed by atoms with van der Waals surface area (Å²) < 4.78 is 10.6. The summed E-state index contributed by atoms with van der Waals surface area (Å²) in [6, 6.07) is 11.6. The highest BCUT2D eigenvalue weighted by Gasteiger charge is 2.45. The maximum absolute atomic E-state index is 13.2. The third-order valence-electron chi connectivity index (χ3n) is 5.42. The largest absolute Gasteiger partial charge is 0.503 e. The van der Waals surface area contributed by atoms with E-state index in [1.165, 1.54) is 4.90 Å². The van der Waals surface area contributed by atoms with Gasteiger partial charge in [0, 0.05) is 12.5 Å². The second-order valence-corrected chi connectivity index (χ2v) is 8.08. The lowest BCUT2D eigenvalue weighted by atomic mass is 9.92. The number of benzene rings is 2. The highest BCUT2D eigenvalue weighted by atomic mass is 16.5. The lowest BCUT2D eigenvalue weighted by Gasteiger charge is -2.25. The lowest BCUT2D eigenvalue weighted by molar-refractivity contribution is -0.118. The van der Waals surface area contributed by atoms with Crippen LogP contribution in [-0.4, -0.2) is 41.0 Å². The van der Waals surface area contributed by atoms with Crippen LogP contribution in [0.5, 0.6) is 11.5 Å². The van der Waals surface area contributed by atoms with Gasteiger partial charge in [-0.25, -0.2) is 4.98 Å². The van der Waals surface area contributed by atoms with Crippen LogP contribution in [0, 0.1) is 5.92 Å². The van der Waals surface area contributed by atoms with Crippen LogP contribution in [0.3, 0.4) is 0 Å². The average molecular weight is 435 g/mol. The van der Waals surface area contributed by atoms with E-state index < -0.39 is 17.7 Å². The molecule has 1 aliphatic rings. The molecule has 1 amide bonds. The van der Waals surface area contributed by atoms with E-state index in [4.69, 9.17) is 9.47 Å². The summed E-state index contributed by atoms with van der Waals surface area (Å²) in [6.45, 7) is 3.83. The van der Waals surface area contributed by atoms with Crippen LogP contribution >= 0.6 is 0 Å². The van der Waals surface area contributed by atoms with Crippen LogP contribution < -0.4 is 14.4 Å². The number of nitrogens with one attached hydrogen (secondary N) is 1. The van der Waals surface area contributed by atoms with Crippen molar-refractivity contribution in [2.45, 2.75) is 26.3 Å². The fourth-order valence-electron chi connectivity index (χ4n) is 3.93. The van der Waals surface area contributed by atoms with Gasteiger partial charge in [-0.15, -0.1) is 0 Å². The Labute approximate surface area is 185 Å². The molecule has 0 radical (unpaired) electrons. The number of carbonyl (C=O) groups excluding carboxylic acids is 2. The minimum absolute atomic E-state index is 0.0648. The number of Topliss-reactive ketones (excluding diaryl/α,β-unsaturated/α-hetero) is 1. The first-order valence-corrected chi connectivity index (χ1v) is 10.3. The number of rotatable bonds is 7. The Hall–Kier alpha value is -3.81. The molecule has 1 aromatic heterocycles. The Kier molecular flexibility index (Phi) is 5.61. The van der Waals surface area contributed by atoms with Crippen LogP contribution in [0.25, 0.3) is 11.0 Å². The lowest BCUT2D eigenvalue weighted by Crippen LogP contribution is -2.32. The molecular weight excluding hydrogens is 410 g/mol. The minimum Gasteiger partial charge on any atom is -0.503 e. The van der Waals surface area contributed by atoms with Crippen molar-refractivity contribution in [3.63, 3.8) is 0 Å². The topological polar surface area (TPSA) is 105 Å². The average Bonchev–Trinajstić information content (AvgIpc) is 3.31. The van der Waals surface area contributed by atoms with Crippen LogP contribution in [0.1, 0.15) is 31.9 Å². The van der Waals surface area contributed by atoms with Gasteiger partial charge in [0.1, 0.15) is 11.5 Å². The zero-order valence-electron chi connectivity index (χ0n) is 18.4. The van der Waals surface area contributed by atoms with Crippen molar-refractivity contribution in [1.82, 2.24) is 9.97 Å². The maximum atomic E-state index is 13.2. The third-order valence-corrected chi connectivity index (χ3v) is 5.42. The molecule has 8 nitrogen and oxygen atoms in total. The predicted octanol–water partition coefficient (Wildman–Crippen LogP) is 4.10. The van der Waals surface area contributed by atoms with Gasteiger partial charge in [-0.2, -0.15) is 0 Å². The van der Waals surface area contributed by atoms with Gasteiger partial charge in [0.15, 0.2) is 11.5 Å². The van der Waals surface area contributed by atoms with E-state index in [0.717, 1.165) is 0 Å². The number of ether oxygens (including phenoxy) is 2. The van der Waals surface area contributed by atoms with Crippen molar-refractivity contribution in [3.05, 3.63) is 59.4 Å². The number of fused-ring (bicyclic) bond motifs is 1. The Bertz CT molecular complexity index is 1230. The molecule has 3 aromatic rings. The molecule has 0 saturated heterocycles. The summed E-state index contributed by atoms with van der Waals surface area (Å²) in [5, 5.41) is 10.8. The molecule has 0 spiro atoms. The number of hydrogen-bond acceptors (Lipinski definition) is 6. The zero-order valence-corrected chi connectivity index (χ0v) is 18.4. The first kappa shape index (κ1) is 21.4. The van der Waals surface area contributed by atoms with Crippen molar-refractivity contribution in [3.8, 4) is 11.5 Å². The summed E-state index contributed by atoms with van der Waals surface area (Å²) in [5.74, 6) is -0.0113. The van der Waals surface area contributed by atoms with Gasteiger partial charge in [0.25, 0.3) is 5.91 Å². The number of aliphatic hydroxyl groups is 1. The highest BCUT2D eigenvalue weighted by Crippen LogP contribution is 2.42. The molecule has 1 aliphatic heterocycles. The molecule has 0 bridgehead atoms. The number of imidazole rings is 1. The SMILES string of the molecule is COc1cccc(C2C(C(=O)CC(C)C)=C(O)C(=O)N2c2nc3ccc(OC)cc3[nH]2)c1. The number of ketones is 1. The van der Waals surface area contributed by atoms with Gasteiger partial charge < -0.3 is 19.6 Å².